The molecule has 2 heterocycles. The van der Waals surface area contributed by atoms with Crippen LogP contribution in [0.1, 0.15) is 50.4 Å². The minimum atomic E-state index is -1.08. The first-order chi connectivity index (χ1) is 17.2. The molecule has 0 saturated heterocycles. The lowest BCUT2D eigenvalue weighted by Crippen LogP contribution is -2.09. The Morgan fingerprint density at radius 3 is 1.69 bits per heavy atom. The number of esters is 1. The molecule has 4 aromatic rings. The van der Waals surface area contributed by atoms with E-state index in [4.69, 9.17) is 9.84 Å². The molecule has 0 bridgehead atoms. The fraction of sp³-hybridized carbons (Fsp3) is 0.231. The molecule has 8 nitrogen and oxygen atoms in total. The Morgan fingerprint density at radius 1 is 0.833 bits per heavy atom. The van der Waals surface area contributed by atoms with Crippen LogP contribution in [0.25, 0.3) is 0 Å². The number of carboxylic acid groups (broad SMARTS) is 1. The third-order valence-corrected chi connectivity index (χ3v) is 5.22. The van der Waals surface area contributed by atoms with Crippen molar-refractivity contribution in [3.05, 3.63) is 106 Å². The molecule has 0 radical (unpaired) electrons. The molecule has 0 aliphatic rings. The highest BCUT2D eigenvalue weighted by Gasteiger charge is 2.14. The van der Waals surface area contributed by atoms with Crippen molar-refractivity contribution in [2.24, 2.45) is 0 Å². The van der Waals surface area contributed by atoms with Crippen molar-refractivity contribution in [1.82, 2.24) is 19.6 Å². The summed E-state index contributed by atoms with van der Waals surface area (Å²) in [6, 6.07) is 16.0. The van der Waals surface area contributed by atoms with Gasteiger partial charge in [-0.25, -0.2) is 18.4 Å². The van der Waals surface area contributed by atoms with Crippen LogP contribution < -0.4 is 0 Å². The lowest BCUT2D eigenvalue weighted by molar-refractivity contribution is 0.0518. The van der Waals surface area contributed by atoms with E-state index in [1.807, 2.05) is 6.92 Å². The Balaban J connectivity index is 0.000000202. The van der Waals surface area contributed by atoms with E-state index < -0.39 is 11.9 Å². The lowest BCUT2D eigenvalue weighted by atomic mass is 10.2. The maximum Gasteiger partial charge on any atom is 0.358 e. The van der Waals surface area contributed by atoms with Crippen LogP contribution in [-0.2, 0) is 17.8 Å². The molecule has 36 heavy (non-hydrogen) atoms. The smallest absolute Gasteiger partial charge is 0.358 e. The zero-order chi connectivity index (χ0) is 26.2. The van der Waals surface area contributed by atoms with Crippen LogP contribution in [-0.4, -0.2) is 43.2 Å². The number of carboxylic acids is 1. The van der Waals surface area contributed by atoms with Crippen LogP contribution in [0.2, 0.25) is 0 Å². The quantitative estimate of drug-likeness (QED) is 0.375. The highest BCUT2D eigenvalue weighted by molar-refractivity contribution is 5.87. The van der Waals surface area contributed by atoms with Crippen LogP contribution >= 0.6 is 0 Å². The van der Waals surface area contributed by atoms with Crippen molar-refractivity contribution in [3.8, 4) is 0 Å². The van der Waals surface area contributed by atoms with Gasteiger partial charge in [0.05, 0.1) is 19.7 Å². The predicted molar refractivity (Wildman–Crippen MR) is 128 cm³/mol. The Hall–Kier alpha value is -4.34. The normalized spacial score (nSPS) is 10.5. The molecule has 0 amide bonds. The molecule has 188 valence electrons. The zero-order valence-electron chi connectivity index (χ0n) is 20.1. The first-order valence-corrected chi connectivity index (χ1v) is 11.2. The molecule has 1 N–H and O–H groups in total. The van der Waals surface area contributed by atoms with E-state index in [-0.39, 0.29) is 36.1 Å². The van der Waals surface area contributed by atoms with Gasteiger partial charge in [0.1, 0.15) is 11.6 Å². The van der Waals surface area contributed by atoms with Crippen molar-refractivity contribution in [2.45, 2.75) is 33.9 Å². The number of halogens is 2. The monoisotopic (exact) mass is 496 g/mol. The van der Waals surface area contributed by atoms with Gasteiger partial charge in [-0.2, -0.15) is 10.2 Å². The van der Waals surface area contributed by atoms with Crippen molar-refractivity contribution in [1.29, 1.82) is 0 Å². The van der Waals surface area contributed by atoms with Crippen molar-refractivity contribution in [3.63, 3.8) is 0 Å². The van der Waals surface area contributed by atoms with E-state index in [2.05, 4.69) is 10.2 Å². The summed E-state index contributed by atoms with van der Waals surface area (Å²) in [6.45, 7) is 6.11. The van der Waals surface area contributed by atoms with Crippen LogP contribution in [0.3, 0.4) is 0 Å². The van der Waals surface area contributed by atoms with E-state index in [1.165, 1.54) is 22.9 Å². The molecular formula is C26H26F2N4O4. The summed E-state index contributed by atoms with van der Waals surface area (Å²) >= 11 is 0. The van der Waals surface area contributed by atoms with Crippen molar-refractivity contribution >= 4 is 11.9 Å². The Morgan fingerprint density at radius 2 is 1.28 bits per heavy atom. The lowest BCUT2D eigenvalue weighted by Gasteiger charge is -2.05. The minimum Gasteiger partial charge on any atom is -0.476 e. The van der Waals surface area contributed by atoms with E-state index in [9.17, 15) is 18.4 Å². The van der Waals surface area contributed by atoms with Crippen molar-refractivity contribution < 1.29 is 28.2 Å². The highest BCUT2D eigenvalue weighted by Crippen LogP contribution is 2.13. The molecule has 2 aromatic heterocycles. The van der Waals surface area contributed by atoms with Gasteiger partial charge in [-0.3, -0.25) is 9.36 Å². The van der Waals surface area contributed by atoms with Crippen LogP contribution in [0.4, 0.5) is 8.78 Å². The molecule has 0 spiro atoms. The zero-order valence-corrected chi connectivity index (χ0v) is 20.1. The second-order valence-electron chi connectivity index (χ2n) is 7.87. The van der Waals surface area contributed by atoms with E-state index in [1.54, 1.807) is 61.0 Å². The average molecular weight is 497 g/mol. The molecular weight excluding hydrogens is 470 g/mol. The average Bonchev–Trinajstić information content (AvgIpc) is 3.40. The maximum absolute atomic E-state index is 13.6. The minimum absolute atomic E-state index is 0.0289. The number of carbonyl (C=O) groups is 2. The molecule has 0 aliphatic carbocycles. The summed E-state index contributed by atoms with van der Waals surface area (Å²) in [5, 5.41) is 16.8. The number of nitrogens with zero attached hydrogens (tertiary/aromatic N) is 4. The SMILES string of the molecule is CCOC(=O)c1cc(C)n(Cc2ccccc2F)n1.Cc1cc(C(=O)O)nn1Cc1ccccc1F. The third kappa shape index (κ3) is 6.62. The van der Waals surface area contributed by atoms with Crippen molar-refractivity contribution in [2.75, 3.05) is 6.61 Å². The number of carbonyl (C=O) groups excluding carboxylic acids is 1. The first-order valence-electron chi connectivity index (χ1n) is 11.2. The second kappa shape index (κ2) is 11.9. The Kier molecular flexibility index (Phi) is 8.66. The number of rotatable bonds is 7. The Bertz CT molecular complexity index is 1360. The largest absolute Gasteiger partial charge is 0.476 e. The molecule has 0 atom stereocenters. The number of hydrogen-bond donors (Lipinski definition) is 1. The molecule has 0 fully saturated rings. The first kappa shape index (κ1) is 26.3. The van der Waals surface area contributed by atoms with E-state index in [0.29, 0.717) is 23.4 Å². The van der Waals surface area contributed by atoms with Gasteiger partial charge < -0.3 is 9.84 Å². The van der Waals surface area contributed by atoms with Gasteiger partial charge in [0.2, 0.25) is 0 Å². The molecule has 2 aromatic carbocycles. The highest BCUT2D eigenvalue weighted by atomic mass is 19.1. The number of aromatic nitrogens is 4. The van der Waals surface area contributed by atoms with Gasteiger partial charge in [-0.05, 0) is 45.0 Å². The maximum atomic E-state index is 13.6. The van der Waals surface area contributed by atoms with Crippen LogP contribution in [0, 0.1) is 25.5 Å². The fourth-order valence-electron chi connectivity index (χ4n) is 3.33. The van der Waals surface area contributed by atoms with Crippen LogP contribution in [0.5, 0.6) is 0 Å². The van der Waals surface area contributed by atoms with Gasteiger partial charge >= 0.3 is 11.9 Å². The number of aromatic carboxylic acids is 1. The molecule has 0 unspecified atom stereocenters. The molecule has 10 heteroatoms. The molecule has 0 saturated carbocycles. The van der Waals surface area contributed by atoms with E-state index in [0.717, 1.165) is 5.69 Å². The van der Waals surface area contributed by atoms with Gasteiger partial charge in [0, 0.05) is 22.5 Å². The summed E-state index contributed by atoms with van der Waals surface area (Å²) < 4.78 is 34.9. The van der Waals surface area contributed by atoms with Crippen LogP contribution in [0.15, 0.2) is 60.7 Å². The summed E-state index contributed by atoms with van der Waals surface area (Å²) in [7, 11) is 0. The molecule has 4 rings (SSSR count). The van der Waals surface area contributed by atoms with Gasteiger partial charge in [0.15, 0.2) is 11.4 Å². The summed E-state index contributed by atoms with van der Waals surface area (Å²) in [4.78, 5) is 22.3. The predicted octanol–water partition coefficient (Wildman–Crippen LogP) is 4.63. The summed E-state index contributed by atoms with van der Waals surface area (Å²) in [6.07, 6.45) is 0. The third-order valence-electron chi connectivity index (χ3n) is 5.22. The van der Waals surface area contributed by atoms with E-state index >= 15 is 0 Å². The fourth-order valence-corrected chi connectivity index (χ4v) is 3.33. The van der Waals surface area contributed by atoms with Gasteiger partial charge in [-0.15, -0.1) is 0 Å². The summed E-state index contributed by atoms with van der Waals surface area (Å²) in [5.74, 6) is -2.15. The summed E-state index contributed by atoms with van der Waals surface area (Å²) in [5.41, 5.74) is 2.70. The number of hydrogen-bond acceptors (Lipinski definition) is 5. The van der Waals surface area contributed by atoms with Gasteiger partial charge in [-0.1, -0.05) is 36.4 Å². The number of aryl methyl sites for hydroxylation is 2. The number of ether oxygens (including phenoxy) is 1. The topological polar surface area (TPSA) is 99.2 Å². The van der Waals surface area contributed by atoms with Gasteiger partial charge in [0.25, 0.3) is 0 Å². The molecule has 0 aliphatic heterocycles. The standard InChI is InChI=1S/C14H15FN2O2.C12H11FN2O2/c1-3-19-14(18)13-8-10(2)17(16-13)9-11-6-4-5-7-12(11)15;1-8-6-11(12(16)17)14-15(8)7-9-4-2-3-5-10(9)13/h4-8H,3,9H2,1-2H3;2-6H,7H2,1H3,(H,16,17). The number of benzene rings is 2. The second-order valence-corrected chi connectivity index (χ2v) is 7.87. The Labute approximate surface area is 206 Å².